The van der Waals surface area contributed by atoms with Crippen molar-refractivity contribution in [1.29, 1.82) is 0 Å². The molecule has 1 aliphatic carbocycles. The molecule has 2 fully saturated rings. The van der Waals surface area contributed by atoms with Crippen molar-refractivity contribution in [3.63, 3.8) is 0 Å². The van der Waals surface area contributed by atoms with E-state index in [2.05, 4.69) is 4.90 Å². The fourth-order valence-corrected chi connectivity index (χ4v) is 4.67. The number of hydrogen-bond donors (Lipinski definition) is 0. The molecule has 2 heterocycles. The van der Waals surface area contributed by atoms with E-state index < -0.39 is 0 Å². The number of ether oxygens (including phenoxy) is 1. The Kier molecular flexibility index (Phi) is 4.45. The highest BCUT2D eigenvalue weighted by Gasteiger charge is 2.37. The third kappa shape index (κ3) is 2.92. The summed E-state index contributed by atoms with van der Waals surface area (Å²) in [5, 5.41) is 0.978. The largest absolute Gasteiger partial charge is 0.494 e. The summed E-state index contributed by atoms with van der Waals surface area (Å²) in [6.45, 7) is 5.45. The SMILES string of the molecule is CCOc1ccc2oc(C(=O)N3CCC[C@H]4CCCC[C@H]43)c(C)c2c1. The van der Waals surface area contributed by atoms with Gasteiger partial charge in [0.15, 0.2) is 5.76 Å². The first kappa shape index (κ1) is 16.5. The van der Waals surface area contributed by atoms with E-state index >= 15 is 0 Å². The van der Waals surface area contributed by atoms with Gasteiger partial charge in [0.1, 0.15) is 11.3 Å². The maximum absolute atomic E-state index is 13.3. The van der Waals surface area contributed by atoms with E-state index in [1.807, 2.05) is 32.0 Å². The highest BCUT2D eigenvalue weighted by molar-refractivity contribution is 5.99. The summed E-state index contributed by atoms with van der Waals surface area (Å²) in [6, 6.07) is 6.19. The van der Waals surface area contributed by atoms with Gasteiger partial charge >= 0.3 is 0 Å². The number of carbonyl (C=O) groups is 1. The predicted octanol–water partition coefficient (Wildman–Crippen LogP) is 4.93. The molecule has 0 spiro atoms. The normalized spacial score (nSPS) is 23.5. The standard InChI is InChI=1S/C21H27NO3/c1-3-24-16-10-11-19-17(13-16)14(2)20(25-19)21(23)22-12-6-8-15-7-4-5-9-18(15)22/h10-11,13,15,18H,3-9,12H2,1-2H3/t15-,18-/m1/s1. The van der Waals surface area contributed by atoms with Crippen LogP contribution in [0, 0.1) is 12.8 Å². The summed E-state index contributed by atoms with van der Waals surface area (Å²) >= 11 is 0. The predicted molar refractivity (Wildman–Crippen MR) is 98.1 cm³/mol. The van der Waals surface area contributed by atoms with Gasteiger partial charge in [0, 0.05) is 23.5 Å². The lowest BCUT2D eigenvalue weighted by Crippen LogP contribution is -2.49. The lowest BCUT2D eigenvalue weighted by Gasteiger charge is -2.43. The highest BCUT2D eigenvalue weighted by atomic mass is 16.5. The molecule has 0 N–H and O–H groups in total. The third-order valence-electron chi connectivity index (χ3n) is 5.92. The van der Waals surface area contributed by atoms with E-state index in [9.17, 15) is 4.79 Å². The number of aryl methyl sites for hydroxylation is 1. The topological polar surface area (TPSA) is 42.7 Å². The zero-order valence-corrected chi connectivity index (χ0v) is 15.2. The summed E-state index contributed by atoms with van der Waals surface area (Å²) in [5.74, 6) is 2.09. The number of nitrogens with zero attached hydrogens (tertiary/aromatic N) is 1. The fourth-order valence-electron chi connectivity index (χ4n) is 4.67. The smallest absolute Gasteiger partial charge is 0.290 e. The fraction of sp³-hybridized carbons (Fsp3) is 0.571. The molecule has 0 radical (unpaired) electrons. The molecular formula is C21H27NO3. The van der Waals surface area contributed by atoms with Gasteiger partial charge in [-0.15, -0.1) is 0 Å². The van der Waals surface area contributed by atoms with Crippen LogP contribution in [0.4, 0.5) is 0 Å². The molecule has 0 unspecified atom stereocenters. The van der Waals surface area contributed by atoms with E-state index in [4.69, 9.17) is 9.15 Å². The van der Waals surface area contributed by atoms with Gasteiger partial charge in [-0.25, -0.2) is 0 Å². The van der Waals surface area contributed by atoms with Gasteiger partial charge in [0.2, 0.25) is 0 Å². The Morgan fingerprint density at radius 1 is 1.24 bits per heavy atom. The summed E-state index contributed by atoms with van der Waals surface area (Å²) < 4.78 is 11.6. The number of amides is 1. The van der Waals surface area contributed by atoms with Gasteiger partial charge in [-0.3, -0.25) is 4.79 Å². The van der Waals surface area contributed by atoms with Crippen molar-refractivity contribution < 1.29 is 13.9 Å². The summed E-state index contributed by atoms with van der Waals surface area (Å²) in [7, 11) is 0. The van der Waals surface area contributed by atoms with Gasteiger partial charge < -0.3 is 14.1 Å². The number of piperidine rings is 1. The zero-order valence-electron chi connectivity index (χ0n) is 15.2. The quantitative estimate of drug-likeness (QED) is 0.794. The van der Waals surface area contributed by atoms with Crippen LogP contribution in [0.1, 0.15) is 61.6 Å². The van der Waals surface area contributed by atoms with Crippen molar-refractivity contribution in [2.24, 2.45) is 5.92 Å². The second-order valence-corrected chi connectivity index (χ2v) is 7.40. The molecule has 1 aliphatic heterocycles. The van der Waals surface area contributed by atoms with Gasteiger partial charge in [-0.1, -0.05) is 12.8 Å². The minimum Gasteiger partial charge on any atom is -0.494 e. The number of likely N-dealkylation sites (tertiary alicyclic amines) is 1. The van der Waals surface area contributed by atoms with Gasteiger partial charge in [-0.2, -0.15) is 0 Å². The van der Waals surface area contributed by atoms with Crippen molar-refractivity contribution in [2.45, 2.75) is 58.4 Å². The number of furan rings is 1. The first-order valence-electron chi connectivity index (χ1n) is 9.66. The maximum Gasteiger partial charge on any atom is 0.290 e. The Hall–Kier alpha value is -1.97. The minimum absolute atomic E-state index is 0.0725. The van der Waals surface area contributed by atoms with Crippen molar-refractivity contribution in [3.8, 4) is 5.75 Å². The van der Waals surface area contributed by atoms with Gasteiger partial charge in [0.25, 0.3) is 5.91 Å². The molecule has 1 aromatic heterocycles. The molecule has 0 bridgehead atoms. The average Bonchev–Trinajstić information content (AvgIpc) is 2.97. The molecule has 4 rings (SSSR count). The second-order valence-electron chi connectivity index (χ2n) is 7.40. The van der Waals surface area contributed by atoms with Crippen LogP contribution >= 0.6 is 0 Å². The first-order chi connectivity index (χ1) is 12.2. The Morgan fingerprint density at radius 3 is 2.88 bits per heavy atom. The molecule has 2 aliphatic rings. The van der Waals surface area contributed by atoms with E-state index in [-0.39, 0.29) is 5.91 Å². The van der Waals surface area contributed by atoms with Crippen molar-refractivity contribution in [3.05, 3.63) is 29.5 Å². The Balaban J connectivity index is 1.66. The van der Waals surface area contributed by atoms with Crippen LogP contribution in [0.2, 0.25) is 0 Å². The zero-order chi connectivity index (χ0) is 17.4. The van der Waals surface area contributed by atoms with Crippen LogP contribution in [-0.2, 0) is 0 Å². The van der Waals surface area contributed by atoms with E-state index in [0.717, 1.165) is 41.7 Å². The summed E-state index contributed by atoms with van der Waals surface area (Å²) in [6.07, 6.45) is 7.34. The molecule has 4 nitrogen and oxygen atoms in total. The summed E-state index contributed by atoms with van der Waals surface area (Å²) in [4.78, 5) is 15.4. The summed E-state index contributed by atoms with van der Waals surface area (Å²) in [5.41, 5.74) is 1.70. The molecule has 1 aromatic carbocycles. The molecule has 134 valence electrons. The van der Waals surface area contributed by atoms with Crippen LogP contribution in [0.5, 0.6) is 5.75 Å². The van der Waals surface area contributed by atoms with Gasteiger partial charge in [0.05, 0.1) is 6.61 Å². The number of rotatable bonds is 3. The molecule has 2 aromatic rings. The molecule has 2 atom stereocenters. The number of fused-ring (bicyclic) bond motifs is 2. The monoisotopic (exact) mass is 341 g/mol. The lowest BCUT2D eigenvalue weighted by molar-refractivity contribution is 0.0363. The lowest BCUT2D eigenvalue weighted by atomic mass is 9.78. The first-order valence-corrected chi connectivity index (χ1v) is 9.66. The van der Waals surface area contributed by atoms with Crippen molar-refractivity contribution >= 4 is 16.9 Å². The third-order valence-corrected chi connectivity index (χ3v) is 5.92. The highest BCUT2D eigenvalue weighted by Crippen LogP contribution is 2.37. The van der Waals surface area contributed by atoms with Crippen LogP contribution in [-0.4, -0.2) is 30.0 Å². The maximum atomic E-state index is 13.3. The average molecular weight is 341 g/mol. The van der Waals surface area contributed by atoms with Crippen LogP contribution in [0.15, 0.2) is 22.6 Å². The molecule has 1 saturated carbocycles. The van der Waals surface area contributed by atoms with E-state index in [0.29, 0.717) is 24.3 Å². The van der Waals surface area contributed by atoms with E-state index in [1.165, 1.54) is 25.7 Å². The van der Waals surface area contributed by atoms with E-state index in [1.54, 1.807) is 0 Å². The molecule has 25 heavy (non-hydrogen) atoms. The Bertz CT molecular complexity index is 777. The Labute approximate surface area is 149 Å². The molecule has 1 saturated heterocycles. The molecule has 4 heteroatoms. The molecule has 1 amide bonds. The number of benzene rings is 1. The van der Waals surface area contributed by atoms with Crippen molar-refractivity contribution in [1.82, 2.24) is 4.90 Å². The van der Waals surface area contributed by atoms with Crippen LogP contribution in [0.3, 0.4) is 0 Å². The molecular weight excluding hydrogens is 314 g/mol. The Morgan fingerprint density at radius 2 is 2.04 bits per heavy atom. The number of carbonyl (C=O) groups excluding carboxylic acids is 1. The number of hydrogen-bond acceptors (Lipinski definition) is 3. The van der Waals surface area contributed by atoms with Gasteiger partial charge in [-0.05, 0) is 63.6 Å². The second kappa shape index (κ2) is 6.74. The van der Waals surface area contributed by atoms with Crippen LogP contribution in [0.25, 0.3) is 11.0 Å². The van der Waals surface area contributed by atoms with Crippen molar-refractivity contribution in [2.75, 3.05) is 13.2 Å². The van der Waals surface area contributed by atoms with Crippen LogP contribution < -0.4 is 4.74 Å². The minimum atomic E-state index is 0.0725.